The summed E-state index contributed by atoms with van der Waals surface area (Å²) < 4.78 is 0. The first-order chi connectivity index (χ1) is 15.6. The number of rotatable bonds is 6. The van der Waals surface area contributed by atoms with Crippen LogP contribution in [0.2, 0.25) is 0 Å². The third-order valence-corrected chi connectivity index (χ3v) is 5.49. The number of hydrogen-bond donors (Lipinski definition) is 4. The molecule has 4 amide bonds. The summed E-state index contributed by atoms with van der Waals surface area (Å²) in [5.41, 5.74) is 2.15. The summed E-state index contributed by atoms with van der Waals surface area (Å²) in [6, 6.07) is 17.1. The summed E-state index contributed by atoms with van der Waals surface area (Å²) in [5, 5.41) is 29.2. The van der Waals surface area contributed by atoms with Crippen molar-refractivity contribution in [2.75, 3.05) is 23.7 Å². The minimum absolute atomic E-state index is 0.292. The summed E-state index contributed by atoms with van der Waals surface area (Å²) in [6.07, 6.45) is 4.05. The van der Waals surface area contributed by atoms with Gasteiger partial charge in [0.25, 0.3) is 0 Å². The topological polar surface area (TPSA) is 130 Å². The Balaban J connectivity index is 1.39. The normalized spacial score (nSPS) is 17.3. The second-order valence-corrected chi connectivity index (χ2v) is 7.95. The number of amides is 4. The van der Waals surface area contributed by atoms with Crippen LogP contribution in [0.25, 0.3) is 0 Å². The standard InChI is InChI=1S/C24H26N6O2/c25-13-17-4-2-8-21(11-17)29-23(31)27-15-19-6-1-7-20(10-19)16-28-24(32)30-22-9-3-5-18(12-22)14-26/h2-5,8-9,11-12,19-20H,1,6-7,10,15-16H2,(H2,27,29,31)(H2,28,30,32)/t19-,20-/m0/s1. The van der Waals surface area contributed by atoms with Gasteiger partial charge in [0.2, 0.25) is 0 Å². The molecule has 4 N–H and O–H groups in total. The number of anilines is 2. The zero-order chi connectivity index (χ0) is 22.8. The average molecular weight is 431 g/mol. The maximum absolute atomic E-state index is 12.2. The summed E-state index contributed by atoms with van der Waals surface area (Å²) in [4.78, 5) is 24.4. The maximum atomic E-state index is 12.2. The molecule has 1 saturated carbocycles. The Bertz CT molecular complexity index is 958. The molecule has 0 bridgehead atoms. The minimum atomic E-state index is -0.292. The van der Waals surface area contributed by atoms with Gasteiger partial charge in [0.05, 0.1) is 23.3 Å². The van der Waals surface area contributed by atoms with Gasteiger partial charge in [0, 0.05) is 24.5 Å². The number of nitriles is 2. The van der Waals surface area contributed by atoms with Gasteiger partial charge in [-0.2, -0.15) is 10.5 Å². The van der Waals surface area contributed by atoms with Crippen molar-refractivity contribution in [3.63, 3.8) is 0 Å². The average Bonchev–Trinajstić information content (AvgIpc) is 2.82. The first kappa shape index (κ1) is 22.6. The molecule has 2 atom stereocenters. The summed E-state index contributed by atoms with van der Waals surface area (Å²) in [6.45, 7) is 1.13. The van der Waals surface area contributed by atoms with Crippen molar-refractivity contribution in [2.24, 2.45) is 11.8 Å². The van der Waals surface area contributed by atoms with Crippen molar-refractivity contribution in [3.8, 4) is 12.1 Å². The molecule has 1 aliphatic carbocycles. The van der Waals surface area contributed by atoms with Crippen LogP contribution in [0, 0.1) is 34.5 Å². The van der Waals surface area contributed by atoms with E-state index in [1.165, 1.54) is 0 Å². The maximum Gasteiger partial charge on any atom is 0.319 e. The van der Waals surface area contributed by atoms with Crippen molar-refractivity contribution in [3.05, 3.63) is 59.7 Å². The van der Waals surface area contributed by atoms with E-state index in [1.54, 1.807) is 48.5 Å². The highest BCUT2D eigenvalue weighted by Gasteiger charge is 2.23. The smallest absolute Gasteiger partial charge is 0.319 e. The number of nitrogens with zero attached hydrogens (tertiary/aromatic N) is 2. The lowest BCUT2D eigenvalue weighted by Gasteiger charge is -2.29. The molecule has 164 valence electrons. The Labute approximate surface area is 187 Å². The predicted octanol–water partition coefficient (Wildman–Crippen LogP) is 4.18. The number of benzene rings is 2. The van der Waals surface area contributed by atoms with E-state index in [4.69, 9.17) is 10.5 Å². The molecule has 2 aromatic carbocycles. The van der Waals surface area contributed by atoms with E-state index < -0.39 is 0 Å². The fraction of sp³-hybridized carbons (Fsp3) is 0.333. The number of hydrogen-bond acceptors (Lipinski definition) is 4. The molecule has 8 heteroatoms. The molecule has 32 heavy (non-hydrogen) atoms. The molecule has 2 aromatic rings. The van der Waals surface area contributed by atoms with E-state index in [-0.39, 0.29) is 12.1 Å². The molecule has 3 rings (SSSR count). The van der Waals surface area contributed by atoms with E-state index in [0.29, 0.717) is 47.4 Å². The third-order valence-electron chi connectivity index (χ3n) is 5.49. The van der Waals surface area contributed by atoms with E-state index in [0.717, 1.165) is 25.7 Å². The van der Waals surface area contributed by atoms with Crippen LogP contribution in [0.1, 0.15) is 36.8 Å². The van der Waals surface area contributed by atoms with Gasteiger partial charge in [-0.05, 0) is 67.5 Å². The fourth-order valence-corrected chi connectivity index (χ4v) is 3.93. The van der Waals surface area contributed by atoms with Crippen LogP contribution in [0.15, 0.2) is 48.5 Å². The molecule has 0 saturated heterocycles. The van der Waals surface area contributed by atoms with Gasteiger partial charge in [-0.3, -0.25) is 0 Å². The van der Waals surface area contributed by atoms with E-state index in [9.17, 15) is 9.59 Å². The molecule has 0 radical (unpaired) electrons. The second kappa shape index (κ2) is 11.4. The summed E-state index contributed by atoms with van der Waals surface area (Å²) in [5.74, 6) is 0.698. The lowest BCUT2D eigenvalue weighted by molar-refractivity contribution is 0.230. The quantitative estimate of drug-likeness (QED) is 0.548. The van der Waals surface area contributed by atoms with Crippen molar-refractivity contribution < 1.29 is 9.59 Å². The molecule has 8 nitrogen and oxygen atoms in total. The molecule has 0 heterocycles. The van der Waals surface area contributed by atoms with Crippen LogP contribution in [0.4, 0.5) is 21.0 Å². The van der Waals surface area contributed by atoms with Gasteiger partial charge in [-0.25, -0.2) is 9.59 Å². The van der Waals surface area contributed by atoms with Crippen molar-refractivity contribution >= 4 is 23.4 Å². The zero-order valence-electron chi connectivity index (χ0n) is 17.7. The van der Waals surface area contributed by atoms with Gasteiger partial charge in [0.1, 0.15) is 0 Å². The molecule has 0 spiro atoms. The highest BCUT2D eigenvalue weighted by atomic mass is 16.2. The molecule has 1 fully saturated rings. The highest BCUT2D eigenvalue weighted by Crippen LogP contribution is 2.28. The lowest BCUT2D eigenvalue weighted by atomic mass is 9.81. The van der Waals surface area contributed by atoms with Crippen molar-refractivity contribution in [1.29, 1.82) is 10.5 Å². The third kappa shape index (κ3) is 7.03. The second-order valence-electron chi connectivity index (χ2n) is 7.95. The fourth-order valence-electron chi connectivity index (χ4n) is 3.93. The minimum Gasteiger partial charge on any atom is -0.338 e. The Morgan fingerprint density at radius 2 is 1.28 bits per heavy atom. The first-order valence-electron chi connectivity index (χ1n) is 10.7. The van der Waals surface area contributed by atoms with E-state index >= 15 is 0 Å². The number of urea groups is 2. The van der Waals surface area contributed by atoms with E-state index in [1.807, 2.05) is 12.1 Å². The van der Waals surface area contributed by atoms with Crippen LogP contribution >= 0.6 is 0 Å². The van der Waals surface area contributed by atoms with Crippen LogP contribution in [0.5, 0.6) is 0 Å². The van der Waals surface area contributed by atoms with Gasteiger partial charge in [0.15, 0.2) is 0 Å². The Hall–Kier alpha value is -4.04. The van der Waals surface area contributed by atoms with Crippen LogP contribution in [-0.4, -0.2) is 25.2 Å². The molecular formula is C24H26N6O2. The molecule has 0 aliphatic heterocycles. The van der Waals surface area contributed by atoms with Crippen LogP contribution in [-0.2, 0) is 0 Å². The van der Waals surface area contributed by atoms with Gasteiger partial charge >= 0.3 is 12.1 Å². The van der Waals surface area contributed by atoms with E-state index in [2.05, 4.69) is 21.3 Å². The number of nitrogens with one attached hydrogen (secondary N) is 4. The van der Waals surface area contributed by atoms with Gasteiger partial charge < -0.3 is 21.3 Å². The Morgan fingerprint density at radius 3 is 1.72 bits per heavy atom. The molecule has 0 aromatic heterocycles. The van der Waals surface area contributed by atoms with Crippen LogP contribution in [0.3, 0.4) is 0 Å². The SMILES string of the molecule is N#Cc1cccc(NC(=O)NC[C@H]2CCC[C@H](CNC(=O)Nc3cccc(C#N)c3)C2)c1. The van der Waals surface area contributed by atoms with Crippen LogP contribution < -0.4 is 21.3 Å². The molecule has 0 unspecified atom stereocenters. The Kier molecular flexibility index (Phi) is 8.05. The summed E-state index contributed by atoms with van der Waals surface area (Å²) in [7, 11) is 0. The summed E-state index contributed by atoms with van der Waals surface area (Å²) >= 11 is 0. The highest BCUT2D eigenvalue weighted by molar-refractivity contribution is 5.90. The van der Waals surface area contributed by atoms with Gasteiger partial charge in [-0.15, -0.1) is 0 Å². The van der Waals surface area contributed by atoms with Crippen molar-refractivity contribution in [1.82, 2.24) is 10.6 Å². The number of carbonyl (C=O) groups excluding carboxylic acids is 2. The Morgan fingerprint density at radius 1 is 0.812 bits per heavy atom. The lowest BCUT2D eigenvalue weighted by Crippen LogP contribution is -2.38. The number of carbonyl (C=O) groups is 2. The zero-order valence-corrected chi connectivity index (χ0v) is 17.7. The first-order valence-corrected chi connectivity index (χ1v) is 10.7. The predicted molar refractivity (Wildman–Crippen MR) is 122 cm³/mol. The largest absolute Gasteiger partial charge is 0.338 e. The monoisotopic (exact) mass is 430 g/mol. The van der Waals surface area contributed by atoms with Gasteiger partial charge in [-0.1, -0.05) is 18.6 Å². The molecule has 1 aliphatic rings. The molecular weight excluding hydrogens is 404 g/mol. The van der Waals surface area contributed by atoms with Crippen molar-refractivity contribution in [2.45, 2.75) is 25.7 Å².